The van der Waals surface area contributed by atoms with E-state index >= 15 is 0 Å². The van der Waals surface area contributed by atoms with Crippen molar-refractivity contribution in [1.29, 1.82) is 0 Å². The quantitative estimate of drug-likeness (QED) is 0.915. The number of hydrogen-bond acceptors (Lipinski definition) is 5. The van der Waals surface area contributed by atoms with Crippen molar-refractivity contribution in [2.75, 3.05) is 17.7 Å². The number of aryl methyl sites for hydroxylation is 2. The van der Waals surface area contributed by atoms with E-state index in [4.69, 9.17) is 0 Å². The molecule has 5 nitrogen and oxygen atoms in total. The summed E-state index contributed by atoms with van der Waals surface area (Å²) < 4.78 is 14.1. The van der Waals surface area contributed by atoms with Gasteiger partial charge in [0.05, 0.1) is 11.3 Å². The number of pyridine rings is 1. The molecule has 2 heterocycles. The predicted molar refractivity (Wildman–Crippen MR) is 80.5 cm³/mol. The summed E-state index contributed by atoms with van der Waals surface area (Å²) >= 11 is 1.48. The summed E-state index contributed by atoms with van der Waals surface area (Å²) in [6.45, 7) is 0. The molecule has 2 aromatic heterocycles. The van der Waals surface area contributed by atoms with Gasteiger partial charge in [-0.25, -0.2) is 14.4 Å². The van der Waals surface area contributed by atoms with Crippen LogP contribution in [0.5, 0.6) is 0 Å². The maximum atomic E-state index is 14.1. The van der Waals surface area contributed by atoms with Gasteiger partial charge in [0.25, 0.3) is 5.91 Å². The monoisotopic (exact) mass is 306 g/mol. The summed E-state index contributed by atoms with van der Waals surface area (Å²) in [5, 5.41) is 5.83. The van der Waals surface area contributed by atoms with Gasteiger partial charge in [-0.05, 0) is 31.7 Å². The smallest absolute Gasteiger partial charge is 0.260 e. The number of amides is 1. The van der Waals surface area contributed by atoms with Crippen molar-refractivity contribution in [3.05, 3.63) is 34.2 Å². The molecule has 0 aliphatic heterocycles. The van der Waals surface area contributed by atoms with E-state index in [1.54, 1.807) is 7.05 Å². The van der Waals surface area contributed by atoms with Crippen molar-refractivity contribution in [1.82, 2.24) is 9.97 Å². The van der Waals surface area contributed by atoms with E-state index in [2.05, 4.69) is 20.6 Å². The number of thiazole rings is 1. The molecule has 21 heavy (non-hydrogen) atoms. The van der Waals surface area contributed by atoms with Crippen molar-refractivity contribution < 1.29 is 9.18 Å². The molecule has 7 heteroatoms. The predicted octanol–water partition coefficient (Wildman–Crippen LogP) is 2.85. The molecular formula is C14H15FN4OS. The Morgan fingerprint density at radius 3 is 2.95 bits per heavy atom. The Balaban J connectivity index is 1.82. The Kier molecular flexibility index (Phi) is 3.83. The van der Waals surface area contributed by atoms with Crippen LogP contribution >= 0.6 is 11.3 Å². The number of rotatable bonds is 3. The first-order chi connectivity index (χ1) is 10.2. The highest BCUT2D eigenvalue weighted by Gasteiger charge is 2.19. The number of nitrogens with one attached hydrogen (secondary N) is 2. The molecule has 2 N–H and O–H groups in total. The van der Waals surface area contributed by atoms with Crippen molar-refractivity contribution >= 4 is 28.2 Å². The van der Waals surface area contributed by atoms with Crippen LogP contribution in [0.15, 0.2) is 12.3 Å². The summed E-state index contributed by atoms with van der Waals surface area (Å²) in [4.78, 5) is 21.6. The fourth-order valence-corrected chi connectivity index (χ4v) is 3.41. The highest BCUT2D eigenvalue weighted by Crippen LogP contribution is 2.30. The van der Waals surface area contributed by atoms with Gasteiger partial charge >= 0.3 is 0 Å². The van der Waals surface area contributed by atoms with Crippen molar-refractivity contribution in [3.63, 3.8) is 0 Å². The molecule has 0 fully saturated rings. The lowest BCUT2D eigenvalue weighted by atomic mass is 10.0. The fraction of sp³-hybridized carbons (Fsp3) is 0.357. The maximum Gasteiger partial charge on any atom is 0.260 e. The number of aromatic nitrogens is 2. The molecular weight excluding hydrogens is 291 g/mol. The number of nitrogens with zero attached hydrogens (tertiary/aromatic N) is 2. The van der Waals surface area contributed by atoms with Crippen molar-refractivity contribution in [3.8, 4) is 0 Å². The number of anilines is 2. The van der Waals surface area contributed by atoms with Gasteiger partial charge in [-0.3, -0.25) is 10.1 Å². The van der Waals surface area contributed by atoms with Crippen LogP contribution in [0.25, 0.3) is 0 Å². The van der Waals surface area contributed by atoms with Crippen LogP contribution in [0.2, 0.25) is 0 Å². The molecule has 1 aliphatic carbocycles. The Morgan fingerprint density at radius 1 is 1.38 bits per heavy atom. The Hall–Kier alpha value is -2.02. The van der Waals surface area contributed by atoms with E-state index in [0.717, 1.165) is 31.4 Å². The van der Waals surface area contributed by atoms with Gasteiger partial charge in [-0.15, -0.1) is 11.3 Å². The van der Waals surface area contributed by atoms with E-state index in [1.165, 1.54) is 28.5 Å². The van der Waals surface area contributed by atoms with Crippen LogP contribution in [-0.4, -0.2) is 22.9 Å². The number of fused-ring (bicyclic) bond motifs is 1. The molecule has 2 aromatic rings. The third kappa shape index (κ3) is 2.73. The minimum absolute atomic E-state index is 0.0393. The molecule has 0 bridgehead atoms. The van der Waals surface area contributed by atoms with Crippen molar-refractivity contribution in [2.24, 2.45) is 0 Å². The Bertz CT molecular complexity index is 662. The molecule has 0 aromatic carbocycles. The normalized spacial score (nSPS) is 13.6. The average molecular weight is 306 g/mol. The first kappa shape index (κ1) is 13.9. The summed E-state index contributed by atoms with van der Waals surface area (Å²) in [5.41, 5.74) is 1.02. The Morgan fingerprint density at radius 2 is 2.19 bits per heavy atom. The molecule has 0 radical (unpaired) electrons. The van der Waals surface area contributed by atoms with Crippen LogP contribution in [0.3, 0.4) is 0 Å². The first-order valence-electron chi connectivity index (χ1n) is 6.81. The minimum Gasteiger partial charge on any atom is -0.371 e. The number of hydrogen-bond donors (Lipinski definition) is 2. The lowest BCUT2D eigenvalue weighted by molar-refractivity contribution is 0.102. The van der Waals surface area contributed by atoms with Gasteiger partial charge in [-0.2, -0.15) is 0 Å². The summed E-state index contributed by atoms with van der Waals surface area (Å²) in [5.74, 6) is -1.10. The second-order valence-electron chi connectivity index (χ2n) is 4.82. The maximum absolute atomic E-state index is 14.1. The molecule has 0 saturated heterocycles. The molecule has 0 spiro atoms. The van der Waals surface area contributed by atoms with Crippen LogP contribution in [0.4, 0.5) is 15.3 Å². The number of halogens is 1. The molecule has 1 amide bonds. The van der Waals surface area contributed by atoms with Gasteiger partial charge in [0, 0.05) is 18.1 Å². The summed E-state index contributed by atoms with van der Waals surface area (Å²) in [6.07, 6.45) is 5.66. The topological polar surface area (TPSA) is 66.9 Å². The van der Waals surface area contributed by atoms with E-state index in [9.17, 15) is 9.18 Å². The van der Waals surface area contributed by atoms with Crippen LogP contribution in [0, 0.1) is 5.82 Å². The van der Waals surface area contributed by atoms with Gasteiger partial charge in [0.15, 0.2) is 16.8 Å². The van der Waals surface area contributed by atoms with Gasteiger partial charge in [-0.1, -0.05) is 0 Å². The first-order valence-corrected chi connectivity index (χ1v) is 7.63. The van der Waals surface area contributed by atoms with E-state index in [1.807, 2.05) is 0 Å². The highest BCUT2D eigenvalue weighted by atomic mass is 32.1. The zero-order valence-electron chi connectivity index (χ0n) is 11.6. The lowest BCUT2D eigenvalue weighted by Crippen LogP contribution is -2.15. The zero-order valence-corrected chi connectivity index (χ0v) is 12.4. The summed E-state index contributed by atoms with van der Waals surface area (Å²) in [6, 6.07) is 1.36. The standard InChI is InChI=1S/C14H15FN4OS/c1-16-12-11(15)8(6-7-17-12)13(20)19-14-18-9-4-2-3-5-10(9)21-14/h6-7H,2-5H2,1H3,(H,16,17)(H,18,19,20). The lowest BCUT2D eigenvalue weighted by Gasteiger charge is -2.06. The number of carbonyl (C=O) groups is 1. The van der Waals surface area contributed by atoms with E-state index < -0.39 is 11.7 Å². The molecule has 110 valence electrons. The third-order valence-electron chi connectivity index (χ3n) is 3.44. The van der Waals surface area contributed by atoms with Gasteiger partial charge < -0.3 is 5.32 Å². The van der Waals surface area contributed by atoms with Gasteiger partial charge in [0.2, 0.25) is 0 Å². The minimum atomic E-state index is -0.654. The summed E-state index contributed by atoms with van der Waals surface area (Å²) in [7, 11) is 1.56. The molecule has 0 saturated carbocycles. The molecule has 3 rings (SSSR count). The molecule has 0 atom stereocenters. The second kappa shape index (κ2) is 5.77. The van der Waals surface area contributed by atoms with Crippen LogP contribution in [0.1, 0.15) is 33.8 Å². The van der Waals surface area contributed by atoms with E-state index in [-0.39, 0.29) is 11.4 Å². The number of carbonyl (C=O) groups excluding carboxylic acids is 1. The second-order valence-corrected chi connectivity index (χ2v) is 5.90. The largest absolute Gasteiger partial charge is 0.371 e. The average Bonchev–Trinajstić information content (AvgIpc) is 2.89. The van der Waals surface area contributed by atoms with Crippen LogP contribution in [-0.2, 0) is 12.8 Å². The van der Waals surface area contributed by atoms with Crippen molar-refractivity contribution in [2.45, 2.75) is 25.7 Å². The highest BCUT2D eigenvalue weighted by molar-refractivity contribution is 7.15. The van der Waals surface area contributed by atoms with Crippen LogP contribution < -0.4 is 10.6 Å². The third-order valence-corrected chi connectivity index (χ3v) is 4.51. The SMILES string of the molecule is CNc1nccc(C(=O)Nc2nc3c(s2)CCCC3)c1F. The Labute approximate surface area is 125 Å². The van der Waals surface area contributed by atoms with Gasteiger partial charge in [0.1, 0.15) is 0 Å². The zero-order chi connectivity index (χ0) is 14.8. The van der Waals surface area contributed by atoms with E-state index in [0.29, 0.717) is 5.13 Å². The molecule has 1 aliphatic rings. The molecule has 0 unspecified atom stereocenters. The fourth-order valence-electron chi connectivity index (χ4n) is 2.36.